The van der Waals surface area contributed by atoms with E-state index < -0.39 is 23.4 Å². The van der Waals surface area contributed by atoms with Gasteiger partial charge in [0.05, 0.1) is 6.04 Å². The van der Waals surface area contributed by atoms with Crippen molar-refractivity contribution in [3.05, 3.63) is 93.1 Å². The van der Waals surface area contributed by atoms with Crippen LogP contribution in [0.25, 0.3) is 0 Å². The Balaban J connectivity index is 1.53. The number of carbonyl (C=O) groups excluding carboxylic acids is 3. The number of amides is 4. The third-order valence-corrected chi connectivity index (χ3v) is 6.52. The average Bonchev–Trinajstić information content (AvgIpc) is 3.37. The topological polar surface area (TPSA) is 78.5 Å². The molecule has 2 aromatic carbocycles. The minimum atomic E-state index is -1.33. The highest BCUT2D eigenvalue weighted by Gasteiger charge is 2.50. The second-order valence-electron chi connectivity index (χ2n) is 7.35. The monoisotopic (exact) mass is 453 g/mol. The first-order valence-electron chi connectivity index (χ1n) is 9.67. The maximum atomic E-state index is 13.1. The molecule has 6 nitrogen and oxygen atoms in total. The van der Waals surface area contributed by atoms with Crippen LogP contribution in [0.2, 0.25) is 5.02 Å². The molecule has 1 aromatic heterocycles. The molecule has 1 aliphatic rings. The maximum absolute atomic E-state index is 13.1. The van der Waals surface area contributed by atoms with Gasteiger partial charge >= 0.3 is 6.03 Å². The van der Waals surface area contributed by atoms with Gasteiger partial charge in [-0.2, -0.15) is 0 Å². The van der Waals surface area contributed by atoms with E-state index in [9.17, 15) is 14.4 Å². The number of hydrogen-bond acceptors (Lipinski definition) is 4. The number of hydrogen-bond donors (Lipinski definition) is 2. The molecule has 0 aliphatic carbocycles. The van der Waals surface area contributed by atoms with Gasteiger partial charge < -0.3 is 10.6 Å². The largest absolute Gasteiger partial charge is 0.343 e. The smallest absolute Gasteiger partial charge is 0.325 e. The normalized spacial score (nSPS) is 19.2. The molecule has 4 amide bonds. The highest BCUT2D eigenvalue weighted by atomic mass is 35.5. The molecular weight excluding hydrogens is 434 g/mol. The van der Waals surface area contributed by atoms with Gasteiger partial charge in [0, 0.05) is 15.5 Å². The second-order valence-corrected chi connectivity index (χ2v) is 8.74. The van der Waals surface area contributed by atoms with Crippen LogP contribution in [-0.4, -0.2) is 29.3 Å². The van der Waals surface area contributed by atoms with Crippen molar-refractivity contribution >= 4 is 40.8 Å². The Kier molecular flexibility index (Phi) is 5.80. The van der Waals surface area contributed by atoms with E-state index in [4.69, 9.17) is 11.6 Å². The van der Waals surface area contributed by atoms with Crippen LogP contribution in [0.15, 0.2) is 72.1 Å². The van der Waals surface area contributed by atoms with Gasteiger partial charge in [-0.3, -0.25) is 14.5 Å². The van der Waals surface area contributed by atoms with Crippen molar-refractivity contribution in [1.82, 2.24) is 15.5 Å². The Morgan fingerprint density at radius 3 is 2.48 bits per heavy atom. The quantitative estimate of drug-likeness (QED) is 0.552. The number of rotatable bonds is 6. The summed E-state index contributed by atoms with van der Waals surface area (Å²) in [7, 11) is 0. The molecule has 3 aromatic rings. The first-order chi connectivity index (χ1) is 14.9. The molecule has 2 heterocycles. The van der Waals surface area contributed by atoms with Crippen molar-refractivity contribution in [3.8, 4) is 0 Å². The Labute approximate surface area is 188 Å². The summed E-state index contributed by atoms with van der Waals surface area (Å²) in [6.07, 6.45) is 0. The highest BCUT2D eigenvalue weighted by molar-refractivity contribution is 7.10. The van der Waals surface area contributed by atoms with E-state index in [0.29, 0.717) is 10.6 Å². The van der Waals surface area contributed by atoms with Gasteiger partial charge in [-0.25, -0.2) is 4.79 Å². The van der Waals surface area contributed by atoms with Crippen molar-refractivity contribution < 1.29 is 14.4 Å². The van der Waals surface area contributed by atoms with Crippen LogP contribution >= 0.6 is 22.9 Å². The Morgan fingerprint density at radius 2 is 1.81 bits per heavy atom. The minimum Gasteiger partial charge on any atom is -0.343 e. The maximum Gasteiger partial charge on any atom is 0.325 e. The van der Waals surface area contributed by atoms with Crippen molar-refractivity contribution in [2.75, 3.05) is 6.54 Å². The molecule has 1 fully saturated rings. The molecule has 1 aliphatic heterocycles. The average molecular weight is 454 g/mol. The molecular formula is C23H20ClN3O3S. The van der Waals surface area contributed by atoms with E-state index >= 15 is 0 Å². The Morgan fingerprint density at radius 1 is 1.10 bits per heavy atom. The van der Waals surface area contributed by atoms with E-state index in [1.54, 1.807) is 31.2 Å². The van der Waals surface area contributed by atoms with Crippen molar-refractivity contribution in [3.63, 3.8) is 0 Å². The van der Waals surface area contributed by atoms with Gasteiger partial charge in [0.2, 0.25) is 5.91 Å². The van der Waals surface area contributed by atoms with Crippen LogP contribution in [0.3, 0.4) is 0 Å². The summed E-state index contributed by atoms with van der Waals surface area (Å²) in [6.45, 7) is 1.20. The predicted octanol–water partition coefficient (Wildman–Crippen LogP) is 4.07. The van der Waals surface area contributed by atoms with Gasteiger partial charge in [0.15, 0.2) is 0 Å². The van der Waals surface area contributed by atoms with Gasteiger partial charge in [0.1, 0.15) is 12.1 Å². The fraction of sp³-hybridized carbons (Fsp3) is 0.174. The van der Waals surface area contributed by atoms with Crippen LogP contribution < -0.4 is 10.6 Å². The number of urea groups is 1. The van der Waals surface area contributed by atoms with Crippen LogP contribution in [0.4, 0.5) is 4.79 Å². The third kappa shape index (κ3) is 4.06. The Bertz CT molecular complexity index is 1120. The number of carbonyl (C=O) groups is 3. The summed E-state index contributed by atoms with van der Waals surface area (Å²) in [6, 6.07) is 19.2. The number of benzene rings is 2. The van der Waals surface area contributed by atoms with Crippen molar-refractivity contribution in [2.45, 2.75) is 18.5 Å². The number of nitrogens with one attached hydrogen (secondary N) is 2. The molecule has 2 atom stereocenters. The molecule has 8 heteroatoms. The van der Waals surface area contributed by atoms with Crippen LogP contribution in [0, 0.1) is 0 Å². The molecule has 0 bridgehead atoms. The molecule has 0 unspecified atom stereocenters. The van der Waals surface area contributed by atoms with Crippen LogP contribution in [0.1, 0.15) is 29.0 Å². The van der Waals surface area contributed by atoms with E-state index in [0.717, 1.165) is 15.3 Å². The standard InChI is InChI=1S/C23H20ClN3O3S/c1-23(16-10-5-6-11-17(16)24)21(29)27(22(30)26-23)14-19(28)25-20(18-12-7-13-31-18)15-8-3-2-4-9-15/h2-13,20H,14H2,1H3,(H,25,28)(H,26,30)/t20-,23+/m1/s1. The summed E-state index contributed by atoms with van der Waals surface area (Å²) in [5.74, 6) is -0.956. The zero-order chi connectivity index (χ0) is 22.0. The van der Waals surface area contributed by atoms with E-state index in [-0.39, 0.29) is 12.6 Å². The number of halogens is 1. The lowest BCUT2D eigenvalue weighted by Gasteiger charge is -2.23. The summed E-state index contributed by atoms with van der Waals surface area (Å²) in [4.78, 5) is 40.5. The van der Waals surface area contributed by atoms with Crippen molar-refractivity contribution in [1.29, 1.82) is 0 Å². The number of nitrogens with zero attached hydrogens (tertiary/aromatic N) is 1. The molecule has 0 radical (unpaired) electrons. The van der Waals surface area contributed by atoms with E-state index in [1.165, 1.54) is 11.3 Å². The molecule has 0 saturated carbocycles. The zero-order valence-electron chi connectivity index (χ0n) is 16.7. The molecule has 0 spiro atoms. The molecule has 31 heavy (non-hydrogen) atoms. The highest BCUT2D eigenvalue weighted by Crippen LogP contribution is 2.33. The van der Waals surface area contributed by atoms with Gasteiger partial charge in [-0.15, -0.1) is 11.3 Å². The molecule has 4 rings (SSSR count). The molecule has 1 saturated heterocycles. The van der Waals surface area contributed by atoms with Crippen LogP contribution in [-0.2, 0) is 15.1 Å². The van der Waals surface area contributed by atoms with E-state index in [2.05, 4.69) is 10.6 Å². The SMILES string of the molecule is C[C@@]1(c2ccccc2Cl)NC(=O)N(CC(=O)N[C@H](c2ccccc2)c2cccs2)C1=O. The second kappa shape index (κ2) is 8.53. The third-order valence-electron chi connectivity index (χ3n) is 5.26. The molecule has 2 N–H and O–H groups in total. The fourth-order valence-corrected chi connectivity index (χ4v) is 4.79. The number of thiophene rings is 1. The lowest BCUT2D eigenvalue weighted by atomic mass is 9.92. The predicted molar refractivity (Wildman–Crippen MR) is 120 cm³/mol. The summed E-state index contributed by atoms with van der Waals surface area (Å²) in [5, 5.41) is 7.94. The van der Waals surface area contributed by atoms with Gasteiger partial charge in [0.25, 0.3) is 5.91 Å². The van der Waals surface area contributed by atoms with Crippen LogP contribution in [0.5, 0.6) is 0 Å². The number of imide groups is 1. The lowest BCUT2D eigenvalue weighted by Crippen LogP contribution is -2.44. The lowest BCUT2D eigenvalue weighted by molar-refractivity contribution is -0.135. The Hall–Kier alpha value is -3.16. The fourth-order valence-electron chi connectivity index (χ4n) is 3.66. The zero-order valence-corrected chi connectivity index (χ0v) is 18.2. The summed E-state index contributed by atoms with van der Waals surface area (Å²) < 4.78 is 0. The van der Waals surface area contributed by atoms with Gasteiger partial charge in [-0.05, 0) is 30.0 Å². The first kappa shape index (κ1) is 21.1. The molecule has 158 valence electrons. The van der Waals surface area contributed by atoms with Gasteiger partial charge in [-0.1, -0.05) is 66.2 Å². The summed E-state index contributed by atoms with van der Waals surface area (Å²) >= 11 is 7.78. The van der Waals surface area contributed by atoms with E-state index in [1.807, 2.05) is 47.8 Å². The minimum absolute atomic E-state index is 0.367. The first-order valence-corrected chi connectivity index (χ1v) is 10.9. The van der Waals surface area contributed by atoms with Crippen molar-refractivity contribution in [2.24, 2.45) is 0 Å². The summed E-state index contributed by atoms with van der Waals surface area (Å²) in [5.41, 5.74) is 0.0672.